The molecule has 6 nitrogen and oxygen atoms in total. The number of hydrogen-bond donors (Lipinski definition) is 0. The first-order valence-electron chi connectivity index (χ1n) is 8.58. The number of fused-ring (bicyclic) bond motifs is 2. The van der Waals surface area contributed by atoms with Crippen LogP contribution in [-0.2, 0) is 4.74 Å². The third-order valence-corrected chi connectivity index (χ3v) is 5.51. The fourth-order valence-electron chi connectivity index (χ4n) is 4.51. The topological polar surface area (TPSA) is 45.2 Å². The molecule has 0 aliphatic carbocycles. The Morgan fingerprint density at radius 2 is 2.00 bits per heavy atom. The van der Waals surface area contributed by atoms with E-state index in [2.05, 4.69) is 16.8 Å². The van der Waals surface area contributed by atoms with Gasteiger partial charge in [0.1, 0.15) is 5.75 Å². The maximum atomic E-state index is 13.0. The van der Waals surface area contributed by atoms with E-state index < -0.39 is 0 Å². The van der Waals surface area contributed by atoms with Gasteiger partial charge in [0.25, 0.3) is 5.91 Å². The molecule has 3 fully saturated rings. The van der Waals surface area contributed by atoms with Gasteiger partial charge in [-0.2, -0.15) is 0 Å². The van der Waals surface area contributed by atoms with Crippen LogP contribution in [0.3, 0.4) is 0 Å². The van der Waals surface area contributed by atoms with E-state index in [9.17, 15) is 4.79 Å². The van der Waals surface area contributed by atoms with Gasteiger partial charge in [0.2, 0.25) is 0 Å². The Bertz CT molecular complexity index is 612. The lowest BCUT2D eigenvalue weighted by molar-refractivity contribution is -0.153. The summed E-state index contributed by atoms with van der Waals surface area (Å²) in [5.74, 6) is 0.881. The summed E-state index contributed by atoms with van der Waals surface area (Å²) in [4.78, 5) is 19.9. The summed E-state index contributed by atoms with van der Waals surface area (Å²) >= 11 is 0. The molecule has 3 heterocycles. The van der Waals surface area contributed by atoms with Crippen molar-refractivity contribution in [1.29, 1.82) is 0 Å². The number of likely N-dealkylation sites (N-methyl/N-ethyl adjacent to an activating group) is 1. The van der Waals surface area contributed by atoms with Crippen LogP contribution in [0.2, 0.25) is 0 Å². The molecule has 130 valence electrons. The number of hydrogen-bond acceptors (Lipinski definition) is 5. The van der Waals surface area contributed by atoms with Crippen LogP contribution in [0.5, 0.6) is 5.75 Å². The van der Waals surface area contributed by atoms with Gasteiger partial charge in [0.15, 0.2) is 0 Å². The van der Waals surface area contributed by atoms with Crippen LogP contribution in [0.25, 0.3) is 0 Å². The number of ether oxygens (including phenoxy) is 2. The van der Waals surface area contributed by atoms with Crippen LogP contribution in [-0.4, -0.2) is 92.3 Å². The number of likely N-dealkylation sites (tertiary alicyclic amines) is 1. The van der Waals surface area contributed by atoms with Crippen LogP contribution in [0.15, 0.2) is 24.3 Å². The molecule has 3 aliphatic rings. The number of nitrogens with zero attached hydrogens (tertiary/aromatic N) is 3. The summed E-state index contributed by atoms with van der Waals surface area (Å²) in [6.45, 7) is 6.09. The maximum Gasteiger partial charge on any atom is 0.253 e. The monoisotopic (exact) mass is 331 g/mol. The Hall–Kier alpha value is -1.63. The van der Waals surface area contributed by atoms with Crippen molar-refractivity contribution in [2.24, 2.45) is 0 Å². The summed E-state index contributed by atoms with van der Waals surface area (Å²) in [5, 5.41) is 0. The molecule has 6 heteroatoms. The fraction of sp³-hybridized carbons (Fsp3) is 0.611. The van der Waals surface area contributed by atoms with Gasteiger partial charge >= 0.3 is 0 Å². The highest BCUT2D eigenvalue weighted by molar-refractivity contribution is 5.94. The summed E-state index contributed by atoms with van der Waals surface area (Å²) in [7, 11) is 3.78. The first kappa shape index (κ1) is 15.9. The van der Waals surface area contributed by atoms with Gasteiger partial charge in [-0.15, -0.1) is 0 Å². The van der Waals surface area contributed by atoms with E-state index in [1.54, 1.807) is 7.11 Å². The number of methoxy groups -OCH3 is 1. The lowest BCUT2D eigenvalue weighted by Crippen LogP contribution is -2.80. The minimum absolute atomic E-state index is 0.101. The number of carbonyl (C=O) groups excluding carboxylic acids is 1. The third-order valence-electron chi connectivity index (χ3n) is 5.51. The first-order valence-corrected chi connectivity index (χ1v) is 8.58. The molecule has 3 saturated heterocycles. The van der Waals surface area contributed by atoms with Gasteiger partial charge in [-0.3, -0.25) is 9.69 Å². The molecular formula is C18H25N3O3. The molecular weight excluding hydrogens is 306 g/mol. The fourth-order valence-corrected chi connectivity index (χ4v) is 4.51. The summed E-state index contributed by atoms with van der Waals surface area (Å²) in [6, 6.07) is 7.71. The van der Waals surface area contributed by atoms with E-state index in [-0.39, 0.29) is 11.4 Å². The molecule has 0 radical (unpaired) electrons. The number of rotatable bonds is 2. The largest absolute Gasteiger partial charge is 0.497 e. The van der Waals surface area contributed by atoms with E-state index in [0.717, 1.165) is 57.3 Å². The molecule has 3 aliphatic heterocycles. The highest BCUT2D eigenvalue weighted by atomic mass is 16.5. The number of piperazine rings is 1. The van der Waals surface area contributed by atoms with Gasteiger partial charge in [-0.05, 0) is 31.3 Å². The first-order chi connectivity index (χ1) is 11.6. The van der Waals surface area contributed by atoms with Gasteiger partial charge in [0.05, 0.1) is 31.9 Å². The van der Waals surface area contributed by atoms with Crippen LogP contribution < -0.4 is 4.74 Å². The van der Waals surface area contributed by atoms with Crippen molar-refractivity contribution in [3.8, 4) is 5.75 Å². The van der Waals surface area contributed by atoms with Crippen molar-refractivity contribution in [1.82, 2.24) is 14.7 Å². The lowest BCUT2D eigenvalue weighted by atomic mass is 9.83. The van der Waals surface area contributed by atoms with Crippen molar-refractivity contribution < 1.29 is 14.3 Å². The summed E-state index contributed by atoms with van der Waals surface area (Å²) in [5.41, 5.74) is 0.827. The Morgan fingerprint density at radius 1 is 1.25 bits per heavy atom. The second kappa shape index (κ2) is 6.02. The average Bonchev–Trinajstić information content (AvgIpc) is 2.60. The molecule has 0 bridgehead atoms. The zero-order valence-corrected chi connectivity index (χ0v) is 14.4. The SMILES string of the molecule is COc1ccc(C(=O)N2C[C@@H]3COCCN3C3(CN(C)C3)C2)cc1. The normalized spacial score (nSPS) is 26.8. The second-order valence-electron chi connectivity index (χ2n) is 7.23. The highest BCUT2D eigenvalue weighted by Crippen LogP contribution is 2.35. The Labute approximate surface area is 142 Å². The van der Waals surface area contributed by atoms with Crippen molar-refractivity contribution in [3.63, 3.8) is 0 Å². The lowest BCUT2D eigenvalue weighted by Gasteiger charge is -2.62. The number of benzene rings is 1. The highest BCUT2D eigenvalue weighted by Gasteiger charge is 2.53. The van der Waals surface area contributed by atoms with Crippen molar-refractivity contribution >= 4 is 5.91 Å². The van der Waals surface area contributed by atoms with E-state index in [1.807, 2.05) is 29.2 Å². The Balaban J connectivity index is 1.55. The molecule has 0 N–H and O–H groups in total. The van der Waals surface area contributed by atoms with Crippen LogP contribution in [0.4, 0.5) is 0 Å². The van der Waals surface area contributed by atoms with E-state index >= 15 is 0 Å². The molecule has 0 unspecified atom stereocenters. The van der Waals surface area contributed by atoms with Gasteiger partial charge in [-0.25, -0.2) is 0 Å². The van der Waals surface area contributed by atoms with Crippen molar-refractivity contribution in [3.05, 3.63) is 29.8 Å². The molecule has 4 rings (SSSR count). The maximum absolute atomic E-state index is 13.0. The quantitative estimate of drug-likeness (QED) is 0.791. The van der Waals surface area contributed by atoms with Crippen molar-refractivity contribution in [2.75, 3.05) is 60.1 Å². The number of amides is 1. The third kappa shape index (κ3) is 2.59. The van der Waals surface area contributed by atoms with Gasteiger partial charge in [0, 0.05) is 38.3 Å². The molecule has 1 aromatic carbocycles. The van der Waals surface area contributed by atoms with Crippen LogP contribution in [0, 0.1) is 0 Å². The average molecular weight is 331 g/mol. The van der Waals surface area contributed by atoms with Crippen LogP contribution in [0.1, 0.15) is 10.4 Å². The molecule has 0 saturated carbocycles. The van der Waals surface area contributed by atoms with Crippen molar-refractivity contribution in [2.45, 2.75) is 11.6 Å². The van der Waals surface area contributed by atoms with Gasteiger partial charge < -0.3 is 19.3 Å². The molecule has 24 heavy (non-hydrogen) atoms. The number of carbonyl (C=O) groups is 1. The number of morpholine rings is 1. The predicted octanol–water partition coefficient (Wildman–Crippen LogP) is 0.536. The second-order valence-corrected chi connectivity index (χ2v) is 7.23. The summed E-state index contributed by atoms with van der Waals surface area (Å²) < 4.78 is 10.9. The minimum atomic E-state index is 0.101. The Kier molecular flexibility index (Phi) is 3.98. The molecule has 1 spiro atoms. The smallest absolute Gasteiger partial charge is 0.253 e. The van der Waals surface area contributed by atoms with Gasteiger partial charge in [-0.1, -0.05) is 0 Å². The molecule has 0 aromatic heterocycles. The summed E-state index contributed by atoms with van der Waals surface area (Å²) in [6.07, 6.45) is 0. The standard InChI is InChI=1S/C18H25N3O3/c1-19-11-18(12-19)13-20(9-15-10-24-8-7-21(15)18)17(22)14-3-5-16(23-2)6-4-14/h3-6,15H,7-13H2,1-2H3/t15-/m1/s1. The minimum Gasteiger partial charge on any atom is -0.497 e. The predicted molar refractivity (Wildman–Crippen MR) is 90.4 cm³/mol. The van der Waals surface area contributed by atoms with E-state index in [0.29, 0.717) is 6.04 Å². The van der Waals surface area contributed by atoms with E-state index in [4.69, 9.17) is 9.47 Å². The van der Waals surface area contributed by atoms with E-state index in [1.165, 1.54) is 0 Å². The zero-order valence-electron chi connectivity index (χ0n) is 14.4. The van der Waals surface area contributed by atoms with Crippen LogP contribution >= 0.6 is 0 Å². The zero-order chi connectivity index (χ0) is 16.7. The molecule has 1 aromatic rings. The molecule has 1 amide bonds. The molecule has 1 atom stereocenters. The Morgan fingerprint density at radius 3 is 2.67 bits per heavy atom.